The molecule has 0 fully saturated rings. The van der Waals surface area contributed by atoms with E-state index < -0.39 is 0 Å². The molecule has 1 atom stereocenters. The third-order valence-corrected chi connectivity index (χ3v) is 5.56. The van der Waals surface area contributed by atoms with Crippen molar-refractivity contribution in [1.82, 2.24) is 10.2 Å². The molecule has 0 spiro atoms. The van der Waals surface area contributed by atoms with Gasteiger partial charge in [0.2, 0.25) is 6.79 Å². The number of carbonyl (C=O) groups is 1. The smallest absolute Gasteiger partial charge is 0.251 e. The maximum Gasteiger partial charge on any atom is 0.251 e. The minimum Gasteiger partial charge on any atom is -0.468 e. The summed E-state index contributed by atoms with van der Waals surface area (Å²) in [6.45, 7) is 2.41. The normalized spacial score (nSPS) is 16.3. The Morgan fingerprint density at radius 2 is 1.90 bits per heavy atom. The predicted octanol–water partition coefficient (Wildman–Crippen LogP) is 3.54. The number of nitrogens with zero attached hydrogens (tertiary/aromatic N) is 1. The predicted molar refractivity (Wildman–Crippen MR) is 107 cm³/mol. The third-order valence-electron chi connectivity index (χ3n) is 5.56. The molecule has 0 aliphatic carbocycles. The van der Waals surface area contributed by atoms with Crippen molar-refractivity contribution in [2.75, 3.05) is 19.9 Å². The molecule has 1 unspecified atom stereocenters. The SMILES string of the molecule is O=C(NCC(c1ccco1)N1CCc2ccccc2C1)c1ccc2c(c1)OCO2. The summed E-state index contributed by atoms with van der Waals surface area (Å²) in [7, 11) is 0. The van der Waals surface area contributed by atoms with Crippen molar-refractivity contribution < 1.29 is 18.7 Å². The number of ether oxygens (including phenoxy) is 2. The molecular weight excluding hydrogens is 368 g/mol. The average Bonchev–Trinajstić information content (AvgIpc) is 3.45. The van der Waals surface area contributed by atoms with E-state index in [4.69, 9.17) is 13.9 Å². The summed E-state index contributed by atoms with van der Waals surface area (Å²) in [6, 6.07) is 17.6. The number of rotatable bonds is 5. The van der Waals surface area contributed by atoms with Crippen molar-refractivity contribution in [3.63, 3.8) is 0 Å². The van der Waals surface area contributed by atoms with Crippen molar-refractivity contribution in [2.45, 2.75) is 19.0 Å². The Morgan fingerprint density at radius 3 is 2.76 bits per heavy atom. The quantitative estimate of drug-likeness (QED) is 0.722. The fourth-order valence-corrected chi connectivity index (χ4v) is 4.00. The first-order valence-electron chi connectivity index (χ1n) is 9.80. The lowest BCUT2D eigenvalue weighted by Gasteiger charge is -2.34. The van der Waals surface area contributed by atoms with E-state index in [0.29, 0.717) is 23.6 Å². The molecule has 3 heterocycles. The van der Waals surface area contributed by atoms with Crippen LogP contribution in [0.2, 0.25) is 0 Å². The van der Waals surface area contributed by atoms with E-state index in [1.165, 1.54) is 11.1 Å². The van der Waals surface area contributed by atoms with Gasteiger partial charge in [0, 0.05) is 25.2 Å². The lowest BCUT2D eigenvalue weighted by atomic mass is 9.98. The van der Waals surface area contributed by atoms with Gasteiger partial charge in [0.1, 0.15) is 5.76 Å². The second-order valence-electron chi connectivity index (χ2n) is 7.30. The maximum atomic E-state index is 12.7. The van der Waals surface area contributed by atoms with Crippen LogP contribution in [-0.4, -0.2) is 30.7 Å². The largest absolute Gasteiger partial charge is 0.468 e. The van der Waals surface area contributed by atoms with Gasteiger partial charge < -0.3 is 19.2 Å². The molecule has 6 nitrogen and oxygen atoms in total. The number of benzene rings is 2. The number of carbonyl (C=O) groups excluding carboxylic acids is 1. The Morgan fingerprint density at radius 1 is 1.03 bits per heavy atom. The molecule has 0 bridgehead atoms. The van der Waals surface area contributed by atoms with E-state index in [1.807, 2.05) is 12.1 Å². The molecule has 2 aliphatic rings. The van der Waals surface area contributed by atoms with Gasteiger partial charge >= 0.3 is 0 Å². The zero-order valence-electron chi connectivity index (χ0n) is 16.0. The second kappa shape index (κ2) is 7.64. The van der Waals surface area contributed by atoms with Crippen LogP contribution in [0.4, 0.5) is 0 Å². The summed E-state index contributed by atoms with van der Waals surface area (Å²) >= 11 is 0. The monoisotopic (exact) mass is 390 g/mol. The van der Waals surface area contributed by atoms with E-state index in [0.717, 1.165) is 25.3 Å². The number of hydrogen-bond acceptors (Lipinski definition) is 5. The van der Waals surface area contributed by atoms with E-state index in [-0.39, 0.29) is 18.7 Å². The fourth-order valence-electron chi connectivity index (χ4n) is 4.00. The fraction of sp³-hybridized carbons (Fsp3) is 0.261. The van der Waals surface area contributed by atoms with Crippen LogP contribution < -0.4 is 14.8 Å². The zero-order valence-corrected chi connectivity index (χ0v) is 16.0. The van der Waals surface area contributed by atoms with Crippen molar-refractivity contribution in [3.8, 4) is 11.5 Å². The lowest BCUT2D eigenvalue weighted by molar-refractivity contribution is 0.0918. The first-order chi connectivity index (χ1) is 14.3. The summed E-state index contributed by atoms with van der Waals surface area (Å²) in [5.74, 6) is 1.99. The molecule has 148 valence electrons. The van der Waals surface area contributed by atoms with Crippen LogP contribution in [-0.2, 0) is 13.0 Å². The topological polar surface area (TPSA) is 63.9 Å². The van der Waals surface area contributed by atoms with Gasteiger partial charge in [0.05, 0.1) is 12.3 Å². The average molecular weight is 390 g/mol. The number of fused-ring (bicyclic) bond motifs is 2. The van der Waals surface area contributed by atoms with Gasteiger partial charge in [-0.15, -0.1) is 0 Å². The first-order valence-corrected chi connectivity index (χ1v) is 9.80. The summed E-state index contributed by atoms with van der Waals surface area (Å²) < 4.78 is 16.4. The van der Waals surface area contributed by atoms with Gasteiger partial charge in [0.15, 0.2) is 11.5 Å². The molecule has 2 aliphatic heterocycles. The highest BCUT2D eigenvalue weighted by Crippen LogP contribution is 2.32. The molecule has 1 amide bonds. The van der Waals surface area contributed by atoms with Gasteiger partial charge in [-0.25, -0.2) is 0 Å². The molecular formula is C23H22N2O4. The van der Waals surface area contributed by atoms with Crippen LogP contribution in [0.25, 0.3) is 0 Å². The van der Waals surface area contributed by atoms with Crippen molar-refractivity contribution >= 4 is 5.91 Å². The standard InChI is InChI=1S/C23H22N2O4/c26-23(17-7-8-21-22(12-17)29-15-28-21)24-13-19(20-6-3-11-27-20)25-10-9-16-4-1-2-5-18(16)14-25/h1-8,11-12,19H,9-10,13-15H2,(H,24,26). The summed E-state index contributed by atoms with van der Waals surface area (Å²) in [6.07, 6.45) is 2.67. The van der Waals surface area contributed by atoms with Crippen LogP contribution in [0, 0.1) is 0 Å². The van der Waals surface area contributed by atoms with Gasteiger partial charge in [-0.1, -0.05) is 24.3 Å². The number of amides is 1. The highest BCUT2D eigenvalue weighted by Gasteiger charge is 2.27. The molecule has 1 N–H and O–H groups in total. The van der Waals surface area contributed by atoms with Crippen molar-refractivity contribution in [3.05, 3.63) is 83.3 Å². The van der Waals surface area contributed by atoms with E-state index in [1.54, 1.807) is 24.5 Å². The Labute approximate surface area is 169 Å². The highest BCUT2D eigenvalue weighted by atomic mass is 16.7. The van der Waals surface area contributed by atoms with Gasteiger partial charge in [0.25, 0.3) is 5.91 Å². The van der Waals surface area contributed by atoms with Crippen LogP contribution in [0.3, 0.4) is 0 Å². The zero-order chi connectivity index (χ0) is 19.6. The Hall–Kier alpha value is -3.25. The van der Waals surface area contributed by atoms with Gasteiger partial charge in [-0.3, -0.25) is 9.69 Å². The number of furan rings is 1. The van der Waals surface area contributed by atoms with Crippen LogP contribution in [0.15, 0.2) is 65.3 Å². The highest BCUT2D eigenvalue weighted by molar-refractivity contribution is 5.94. The molecule has 0 radical (unpaired) electrons. The van der Waals surface area contributed by atoms with Crippen LogP contribution >= 0.6 is 0 Å². The minimum absolute atomic E-state index is 0.0312. The Balaban J connectivity index is 1.32. The molecule has 29 heavy (non-hydrogen) atoms. The molecule has 0 saturated heterocycles. The van der Waals surface area contributed by atoms with E-state index >= 15 is 0 Å². The molecule has 6 heteroatoms. The van der Waals surface area contributed by atoms with Crippen molar-refractivity contribution in [1.29, 1.82) is 0 Å². The number of hydrogen-bond donors (Lipinski definition) is 1. The molecule has 2 aromatic carbocycles. The number of nitrogens with one attached hydrogen (secondary N) is 1. The van der Waals surface area contributed by atoms with Crippen LogP contribution in [0.5, 0.6) is 11.5 Å². The van der Waals surface area contributed by atoms with Gasteiger partial charge in [-0.05, 0) is 47.9 Å². The van der Waals surface area contributed by atoms with E-state index in [9.17, 15) is 4.79 Å². The molecule has 0 saturated carbocycles. The van der Waals surface area contributed by atoms with E-state index in [2.05, 4.69) is 34.5 Å². The second-order valence-corrected chi connectivity index (χ2v) is 7.30. The summed E-state index contributed by atoms with van der Waals surface area (Å²) in [5, 5.41) is 3.06. The van der Waals surface area contributed by atoms with Gasteiger partial charge in [-0.2, -0.15) is 0 Å². The first kappa shape index (κ1) is 17.8. The summed E-state index contributed by atoms with van der Waals surface area (Å²) in [4.78, 5) is 15.1. The Bertz CT molecular complexity index is 1020. The lowest BCUT2D eigenvalue weighted by Crippen LogP contribution is -2.40. The minimum atomic E-state index is -0.141. The maximum absolute atomic E-state index is 12.7. The van der Waals surface area contributed by atoms with Crippen LogP contribution in [0.1, 0.15) is 33.3 Å². The third kappa shape index (κ3) is 3.59. The Kier molecular flexibility index (Phi) is 4.69. The molecule has 3 aromatic rings. The molecule has 1 aromatic heterocycles. The summed E-state index contributed by atoms with van der Waals surface area (Å²) in [5.41, 5.74) is 3.28. The molecule has 5 rings (SSSR count). The van der Waals surface area contributed by atoms with Crippen molar-refractivity contribution in [2.24, 2.45) is 0 Å².